The molecule has 7 heteroatoms. The largest absolute Gasteiger partial charge is 0.509 e. The highest BCUT2D eigenvalue weighted by Gasteiger charge is 2.26. The molecular weight excluding hydrogens is 229 g/mol. The van der Waals surface area contributed by atoms with E-state index in [9.17, 15) is 10.3 Å². The number of hydrogen-bond donors (Lipinski definition) is 2. The van der Waals surface area contributed by atoms with Crippen LogP contribution in [0.1, 0.15) is 5.69 Å². The number of rotatable bonds is 0. The normalized spacial score (nSPS) is 19.4. The quantitative estimate of drug-likeness (QED) is 0.528. The number of halogens is 2. The summed E-state index contributed by atoms with van der Waals surface area (Å²) in [6, 6.07) is 0. The molecular formula is C7H7Cl2N3O2. The summed E-state index contributed by atoms with van der Waals surface area (Å²) in [4.78, 5) is 7.57. The van der Waals surface area contributed by atoms with Crippen LogP contribution in [0.25, 0.3) is 6.08 Å². The van der Waals surface area contributed by atoms with E-state index in [-0.39, 0.29) is 18.2 Å². The highest BCUT2D eigenvalue weighted by molar-refractivity contribution is 6.24. The summed E-state index contributed by atoms with van der Waals surface area (Å²) in [7, 11) is 0. The van der Waals surface area contributed by atoms with Crippen LogP contribution in [-0.4, -0.2) is 25.8 Å². The molecule has 0 saturated carbocycles. The van der Waals surface area contributed by atoms with Crippen molar-refractivity contribution in [1.82, 2.24) is 9.97 Å². The second-order valence-electron chi connectivity index (χ2n) is 2.54. The minimum Gasteiger partial charge on any atom is -0.509 e. The highest BCUT2D eigenvalue weighted by Crippen LogP contribution is 2.29. The molecule has 1 unspecified atom stereocenters. The second-order valence-corrected chi connectivity index (χ2v) is 2.96. The van der Waals surface area contributed by atoms with Crippen LogP contribution < -0.4 is 5.06 Å². The molecule has 1 aromatic heterocycles. The number of hydrogen-bond acceptors (Lipinski definition) is 5. The molecule has 0 fully saturated rings. The number of aliphatic hydroxyl groups excluding tert-OH is 1. The van der Waals surface area contributed by atoms with E-state index in [1.807, 2.05) is 0 Å². The first-order valence-electron chi connectivity index (χ1n) is 3.53. The molecule has 2 N–H and O–H groups in total. The Kier molecular flexibility index (Phi) is 3.15. The van der Waals surface area contributed by atoms with Gasteiger partial charge in [0.15, 0.2) is 5.50 Å². The first kappa shape index (κ1) is 11.0. The molecule has 0 radical (unpaired) electrons. The summed E-state index contributed by atoms with van der Waals surface area (Å²) in [6.45, 7) is 0. The van der Waals surface area contributed by atoms with E-state index in [2.05, 4.69) is 9.97 Å². The van der Waals surface area contributed by atoms with Gasteiger partial charge in [-0.15, -0.1) is 12.4 Å². The Morgan fingerprint density at radius 3 is 2.93 bits per heavy atom. The maximum Gasteiger partial charge on any atom is 0.186 e. The number of aliphatic hydroxyl groups is 1. The highest BCUT2D eigenvalue weighted by atomic mass is 35.5. The number of nitrogens with zero attached hydrogens (tertiary/aromatic N) is 3. The van der Waals surface area contributed by atoms with E-state index in [0.29, 0.717) is 16.4 Å². The Morgan fingerprint density at radius 2 is 2.21 bits per heavy atom. The zero-order valence-corrected chi connectivity index (χ0v) is 8.40. The summed E-state index contributed by atoms with van der Waals surface area (Å²) in [6.07, 6.45) is 4.13. The first-order chi connectivity index (χ1) is 6.20. The molecule has 1 aliphatic heterocycles. The standard InChI is InChI=1S/C7H6ClN3O2.ClH/c8-7-6(12)1-4-5(11(7)13)2-9-3-10-4;/h1-3,7,12-13H;1H. The molecule has 1 atom stereocenters. The molecule has 1 aromatic rings. The lowest BCUT2D eigenvalue weighted by Gasteiger charge is -2.26. The summed E-state index contributed by atoms with van der Waals surface area (Å²) in [5, 5.41) is 19.4. The van der Waals surface area contributed by atoms with Crippen molar-refractivity contribution in [3.63, 3.8) is 0 Å². The van der Waals surface area contributed by atoms with Crippen molar-refractivity contribution in [3.05, 3.63) is 24.0 Å². The van der Waals surface area contributed by atoms with Crippen LogP contribution in [0.5, 0.6) is 0 Å². The van der Waals surface area contributed by atoms with Gasteiger partial charge in [0, 0.05) is 6.08 Å². The first-order valence-corrected chi connectivity index (χ1v) is 3.96. The van der Waals surface area contributed by atoms with Crippen LogP contribution in [-0.2, 0) is 0 Å². The zero-order chi connectivity index (χ0) is 9.42. The lowest BCUT2D eigenvalue weighted by atomic mass is 10.2. The van der Waals surface area contributed by atoms with Gasteiger partial charge in [-0.3, -0.25) is 5.21 Å². The summed E-state index contributed by atoms with van der Waals surface area (Å²) in [5.41, 5.74) is -0.161. The third-order valence-electron chi connectivity index (χ3n) is 1.71. The minimum absolute atomic E-state index is 0. The maximum atomic E-state index is 9.42. The molecule has 0 aliphatic carbocycles. The molecule has 14 heavy (non-hydrogen) atoms. The Hall–Kier alpha value is -1.04. The Morgan fingerprint density at radius 1 is 1.50 bits per heavy atom. The van der Waals surface area contributed by atoms with Crippen molar-refractivity contribution < 1.29 is 10.3 Å². The van der Waals surface area contributed by atoms with Gasteiger partial charge in [0.2, 0.25) is 0 Å². The average molecular weight is 236 g/mol. The van der Waals surface area contributed by atoms with Crippen molar-refractivity contribution in [3.8, 4) is 0 Å². The van der Waals surface area contributed by atoms with Crippen molar-refractivity contribution in [2.75, 3.05) is 5.06 Å². The summed E-state index contributed by atoms with van der Waals surface area (Å²) in [5.74, 6) is -0.143. The fraction of sp³-hybridized carbons (Fsp3) is 0.143. The van der Waals surface area contributed by atoms with Gasteiger partial charge in [0.25, 0.3) is 0 Å². The van der Waals surface area contributed by atoms with Crippen LogP contribution >= 0.6 is 24.0 Å². The number of alkyl halides is 1. The van der Waals surface area contributed by atoms with E-state index in [1.165, 1.54) is 18.6 Å². The molecule has 2 rings (SSSR count). The fourth-order valence-corrected chi connectivity index (χ4v) is 1.24. The van der Waals surface area contributed by atoms with Crippen molar-refractivity contribution in [1.29, 1.82) is 0 Å². The number of fused-ring (bicyclic) bond motifs is 1. The van der Waals surface area contributed by atoms with Gasteiger partial charge in [-0.25, -0.2) is 15.0 Å². The smallest absolute Gasteiger partial charge is 0.186 e. The predicted molar refractivity (Wildman–Crippen MR) is 53.8 cm³/mol. The molecule has 2 heterocycles. The number of anilines is 1. The average Bonchev–Trinajstić information content (AvgIpc) is 2.15. The molecule has 5 nitrogen and oxygen atoms in total. The van der Waals surface area contributed by atoms with Crippen LogP contribution in [0.15, 0.2) is 18.3 Å². The number of hydroxylamine groups is 1. The molecule has 0 saturated heterocycles. The van der Waals surface area contributed by atoms with Crippen LogP contribution in [0.3, 0.4) is 0 Å². The maximum absolute atomic E-state index is 9.42. The van der Waals surface area contributed by atoms with Gasteiger partial charge in [-0.2, -0.15) is 0 Å². The Bertz CT molecular complexity index is 372. The van der Waals surface area contributed by atoms with Gasteiger partial charge in [0.1, 0.15) is 17.8 Å². The SMILES string of the molecule is Cl.OC1=Cc2ncncc2N(O)C1Cl. The fourth-order valence-electron chi connectivity index (χ4n) is 1.08. The van der Waals surface area contributed by atoms with Crippen molar-refractivity contribution in [2.24, 2.45) is 0 Å². The van der Waals surface area contributed by atoms with E-state index in [1.54, 1.807) is 0 Å². The molecule has 0 bridgehead atoms. The summed E-state index contributed by atoms with van der Waals surface area (Å²) >= 11 is 5.65. The molecule has 0 aromatic carbocycles. The third-order valence-corrected chi connectivity index (χ3v) is 2.12. The summed E-state index contributed by atoms with van der Waals surface area (Å²) < 4.78 is 0. The van der Waals surface area contributed by atoms with Crippen LogP contribution in [0, 0.1) is 0 Å². The Labute approximate surface area is 91.0 Å². The van der Waals surface area contributed by atoms with Gasteiger partial charge in [-0.05, 0) is 0 Å². The topological polar surface area (TPSA) is 69.5 Å². The van der Waals surface area contributed by atoms with Crippen molar-refractivity contribution >= 4 is 35.8 Å². The lowest BCUT2D eigenvalue weighted by molar-refractivity contribution is 0.227. The lowest BCUT2D eigenvalue weighted by Crippen LogP contribution is -2.32. The van der Waals surface area contributed by atoms with Gasteiger partial charge >= 0.3 is 0 Å². The van der Waals surface area contributed by atoms with Crippen LogP contribution in [0.4, 0.5) is 5.69 Å². The minimum atomic E-state index is -0.974. The Balaban J connectivity index is 0.000000980. The molecule has 0 spiro atoms. The van der Waals surface area contributed by atoms with E-state index in [4.69, 9.17) is 11.6 Å². The zero-order valence-electron chi connectivity index (χ0n) is 6.83. The van der Waals surface area contributed by atoms with Gasteiger partial charge < -0.3 is 5.11 Å². The van der Waals surface area contributed by atoms with E-state index in [0.717, 1.165) is 0 Å². The molecule has 76 valence electrons. The van der Waals surface area contributed by atoms with Gasteiger partial charge in [-0.1, -0.05) is 11.6 Å². The van der Waals surface area contributed by atoms with Crippen molar-refractivity contribution in [2.45, 2.75) is 5.50 Å². The molecule has 1 aliphatic rings. The molecule has 0 amide bonds. The second kappa shape index (κ2) is 4.00. The predicted octanol–water partition coefficient (Wildman–Crippen LogP) is 1.57. The van der Waals surface area contributed by atoms with Crippen LogP contribution in [0.2, 0.25) is 0 Å². The monoisotopic (exact) mass is 235 g/mol. The number of aromatic nitrogens is 2. The van der Waals surface area contributed by atoms with E-state index < -0.39 is 5.50 Å². The van der Waals surface area contributed by atoms with E-state index >= 15 is 0 Å². The van der Waals surface area contributed by atoms with Gasteiger partial charge in [0.05, 0.1) is 11.9 Å². The third kappa shape index (κ3) is 1.61.